The van der Waals surface area contributed by atoms with Gasteiger partial charge in [0.15, 0.2) is 11.5 Å². The molecule has 0 fully saturated rings. The van der Waals surface area contributed by atoms with Crippen LogP contribution in [0, 0.1) is 5.41 Å². The number of aliphatic hydroxyl groups excluding tert-OH is 1. The van der Waals surface area contributed by atoms with Crippen molar-refractivity contribution in [2.75, 3.05) is 14.1 Å². The number of rotatable bonds is 4. The van der Waals surface area contributed by atoms with E-state index in [0.717, 1.165) is 5.56 Å². The lowest BCUT2D eigenvalue weighted by atomic mass is 9.64. The molecule has 2 atom stereocenters. The minimum Gasteiger partial charge on any atom is -0.507 e. The van der Waals surface area contributed by atoms with Gasteiger partial charge in [0.1, 0.15) is 17.9 Å². The molecule has 0 radical (unpaired) electrons. The third kappa shape index (κ3) is 2.68. The Morgan fingerprint density at radius 1 is 1.33 bits per heavy atom. The summed E-state index contributed by atoms with van der Waals surface area (Å²) in [5.41, 5.74) is 1.15. The molecule has 1 N–H and O–H groups in total. The zero-order valence-electron chi connectivity index (χ0n) is 15.6. The maximum atomic E-state index is 12.6. The summed E-state index contributed by atoms with van der Waals surface area (Å²) in [6.07, 6.45) is 3.99. The zero-order chi connectivity index (χ0) is 19.2. The van der Waals surface area contributed by atoms with E-state index in [1.54, 1.807) is 0 Å². The Bertz CT molecular complexity index is 942. The van der Waals surface area contributed by atoms with Crippen LogP contribution in [0.5, 0.6) is 5.88 Å². The second kappa shape index (κ2) is 6.39. The SMILES string of the molecule is CN(C)[C@H]1c2onc(OCc3ccccc3)c2C(O)=C2C(=O)C=CC[C@]21C. The van der Waals surface area contributed by atoms with Crippen molar-refractivity contribution in [1.82, 2.24) is 10.1 Å². The molecule has 6 nitrogen and oxygen atoms in total. The van der Waals surface area contributed by atoms with Gasteiger partial charge in [0.25, 0.3) is 5.88 Å². The molecular formula is C21H22N2O4. The molecule has 0 aliphatic heterocycles. The van der Waals surface area contributed by atoms with Crippen molar-refractivity contribution >= 4 is 11.5 Å². The molecule has 2 aliphatic carbocycles. The van der Waals surface area contributed by atoms with Crippen molar-refractivity contribution in [2.24, 2.45) is 5.41 Å². The van der Waals surface area contributed by atoms with E-state index in [0.29, 0.717) is 29.9 Å². The first-order valence-electron chi connectivity index (χ1n) is 8.91. The van der Waals surface area contributed by atoms with E-state index in [9.17, 15) is 9.90 Å². The van der Waals surface area contributed by atoms with E-state index in [1.165, 1.54) is 6.08 Å². The van der Waals surface area contributed by atoms with Crippen LogP contribution in [0.15, 0.2) is 52.6 Å². The van der Waals surface area contributed by atoms with E-state index >= 15 is 0 Å². The molecular weight excluding hydrogens is 344 g/mol. The van der Waals surface area contributed by atoms with Crippen LogP contribution in [0.4, 0.5) is 0 Å². The summed E-state index contributed by atoms with van der Waals surface area (Å²) in [4.78, 5) is 14.6. The lowest BCUT2D eigenvalue weighted by Crippen LogP contribution is -2.43. The molecule has 6 heteroatoms. The van der Waals surface area contributed by atoms with Crippen LogP contribution in [0.3, 0.4) is 0 Å². The summed E-state index contributed by atoms with van der Waals surface area (Å²) < 4.78 is 11.5. The fourth-order valence-electron chi connectivity index (χ4n) is 4.25. The third-order valence-electron chi connectivity index (χ3n) is 5.38. The molecule has 0 spiro atoms. The fraction of sp³-hybridized carbons (Fsp3) is 0.333. The first-order chi connectivity index (χ1) is 12.9. The van der Waals surface area contributed by atoms with Gasteiger partial charge in [-0.1, -0.05) is 43.3 Å². The highest BCUT2D eigenvalue weighted by molar-refractivity contribution is 6.11. The van der Waals surface area contributed by atoms with E-state index in [2.05, 4.69) is 5.16 Å². The number of allylic oxidation sites excluding steroid dienone is 2. The first kappa shape index (κ1) is 17.5. The van der Waals surface area contributed by atoms with Gasteiger partial charge in [-0.2, -0.15) is 0 Å². The molecule has 27 heavy (non-hydrogen) atoms. The number of aliphatic hydroxyl groups is 1. The number of fused-ring (bicyclic) bond motifs is 2. The van der Waals surface area contributed by atoms with Gasteiger partial charge >= 0.3 is 0 Å². The van der Waals surface area contributed by atoms with Crippen LogP contribution >= 0.6 is 0 Å². The van der Waals surface area contributed by atoms with Crippen LogP contribution in [-0.2, 0) is 11.4 Å². The standard InChI is InChI=1S/C21H22N2O4/c1-21-11-7-10-14(24)16(21)17(25)15-18(19(21)23(2)3)27-22-20(15)26-12-13-8-5-4-6-9-13/h4-10,19,25H,11-12H2,1-3H3/t19-,21+/m0/s1. The topological polar surface area (TPSA) is 75.8 Å². The monoisotopic (exact) mass is 366 g/mol. The number of ketones is 1. The maximum absolute atomic E-state index is 12.6. The molecule has 2 aromatic rings. The lowest BCUT2D eigenvalue weighted by Gasteiger charge is -2.44. The van der Waals surface area contributed by atoms with Gasteiger partial charge in [0, 0.05) is 5.41 Å². The number of hydrogen-bond donors (Lipinski definition) is 1. The van der Waals surface area contributed by atoms with Gasteiger partial charge < -0.3 is 14.4 Å². The minimum atomic E-state index is -0.595. The molecule has 2 aliphatic rings. The van der Waals surface area contributed by atoms with Crippen molar-refractivity contribution in [3.8, 4) is 5.88 Å². The lowest BCUT2D eigenvalue weighted by molar-refractivity contribution is -0.113. The number of carbonyl (C=O) groups excluding carboxylic acids is 1. The van der Waals surface area contributed by atoms with Crippen molar-refractivity contribution in [3.63, 3.8) is 0 Å². The number of benzene rings is 1. The highest BCUT2D eigenvalue weighted by atomic mass is 16.5. The van der Waals surface area contributed by atoms with Crippen LogP contribution in [-0.4, -0.2) is 35.0 Å². The smallest absolute Gasteiger partial charge is 0.265 e. The van der Waals surface area contributed by atoms with Gasteiger partial charge in [-0.3, -0.25) is 9.69 Å². The summed E-state index contributed by atoms with van der Waals surface area (Å²) in [5, 5.41) is 15.0. The molecule has 0 saturated heterocycles. The van der Waals surface area contributed by atoms with Crippen molar-refractivity contribution in [3.05, 3.63) is 64.9 Å². The van der Waals surface area contributed by atoms with Crippen LogP contribution in [0.25, 0.3) is 5.76 Å². The molecule has 140 valence electrons. The van der Waals surface area contributed by atoms with Gasteiger partial charge in [-0.05, 0) is 37.3 Å². The molecule has 0 unspecified atom stereocenters. The predicted octanol–water partition coefficient (Wildman–Crippen LogP) is 3.67. The van der Waals surface area contributed by atoms with E-state index < -0.39 is 5.41 Å². The van der Waals surface area contributed by atoms with Gasteiger partial charge in [0.2, 0.25) is 0 Å². The predicted molar refractivity (Wildman–Crippen MR) is 100 cm³/mol. The fourth-order valence-corrected chi connectivity index (χ4v) is 4.25. The summed E-state index contributed by atoms with van der Waals surface area (Å²) in [6.45, 7) is 2.26. The van der Waals surface area contributed by atoms with E-state index in [-0.39, 0.29) is 23.5 Å². The summed E-state index contributed by atoms with van der Waals surface area (Å²) in [7, 11) is 3.85. The molecule has 1 heterocycles. The van der Waals surface area contributed by atoms with E-state index in [4.69, 9.17) is 9.26 Å². The Labute approximate surface area is 157 Å². The highest BCUT2D eigenvalue weighted by Gasteiger charge is 2.52. The first-order valence-corrected chi connectivity index (χ1v) is 8.91. The second-order valence-electron chi connectivity index (χ2n) is 7.48. The van der Waals surface area contributed by atoms with Crippen molar-refractivity contribution in [1.29, 1.82) is 0 Å². The average Bonchev–Trinajstić information content (AvgIpc) is 3.03. The zero-order valence-corrected chi connectivity index (χ0v) is 15.6. The van der Waals surface area contributed by atoms with Crippen molar-refractivity contribution in [2.45, 2.75) is 26.0 Å². The highest BCUT2D eigenvalue weighted by Crippen LogP contribution is 2.56. The van der Waals surface area contributed by atoms with Crippen LogP contribution in [0.2, 0.25) is 0 Å². The van der Waals surface area contributed by atoms with E-state index in [1.807, 2.05) is 62.3 Å². The molecule has 1 aromatic carbocycles. The molecule has 0 bridgehead atoms. The Hall–Kier alpha value is -2.86. The normalized spacial score (nSPS) is 24.1. The quantitative estimate of drug-likeness (QED) is 0.890. The van der Waals surface area contributed by atoms with Gasteiger partial charge in [-0.15, -0.1) is 0 Å². The average molecular weight is 366 g/mol. The molecule has 4 rings (SSSR count). The Morgan fingerprint density at radius 2 is 2.07 bits per heavy atom. The minimum absolute atomic E-state index is 0.0933. The second-order valence-corrected chi connectivity index (χ2v) is 7.48. The van der Waals surface area contributed by atoms with Crippen LogP contribution < -0.4 is 4.74 Å². The number of aromatic nitrogens is 1. The summed E-state index contributed by atoms with van der Waals surface area (Å²) >= 11 is 0. The van der Waals surface area contributed by atoms with Gasteiger partial charge in [0.05, 0.1) is 11.6 Å². The Kier molecular flexibility index (Phi) is 4.15. The largest absolute Gasteiger partial charge is 0.507 e. The third-order valence-corrected chi connectivity index (χ3v) is 5.38. The Balaban J connectivity index is 1.80. The Morgan fingerprint density at radius 3 is 2.78 bits per heavy atom. The number of carbonyl (C=O) groups is 1. The number of ether oxygens (including phenoxy) is 1. The van der Waals surface area contributed by atoms with Crippen molar-refractivity contribution < 1.29 is 19.2 Å². The number of hydrogen-bond acceptors (Lipinski definition) is 6. The maximum Gasteiger partial charge on any atom is 0.265 e. The molecule has 1 aromatic heterocycles. The summed E-state index contributed by atoms with van der Waals surface area (Å²) in [6, 6.07) is 9.44. The van der Waals surface area contributed by atoms with Crippen LogP contribution in [0.1, 0.15) is 36.3 Å². The van der Waals surface area contributed by atoms with Gasteiger partial charge in [-0.25, -0.2) is 0 Å². The number of nitrogens with zero attached hydrogens (tertiary/aromatic N) is 2. The molecule has 0 amide bonds. The molecule has 0 saturated carbocycles. The summed E-state index contributed by atoms with van der Waals surface area (Å²) in [5.74, 6) is 0.447.